The van der Waals surface area contributed by atoms with Gasteiger partial charge in [-0.1, -0.05) is 0 Å². The third-order valence-electron chi connectivity index (χ3n) is 2.25. The van der Waals surface area contributed by atoms with E-state index in [0.29, 0.717) is 6.54 Å². The number of hydrogen-bond acceptors (Lipinski definition) is 4. The number of rotatable bonds is 3. The molecule has 1 atom stereocenters. The molecule has 5 heteroatoms. The monoisotopic (exact) mass is 205 g/mol. The zero-order valence-electron chi connectivity index (χ0n) is 8.94. The van der Waals surface area contributed by atoms with E-state index in [1.165, 1.54) is 0 Å². The van der Waals surface area contributed by atoms with Gasteiger partial charge in [-0.3, -0.25) is 0 Å². The zero-order valence-corrected chi connectivity index (χ0v) is 8.94. The highest BCUT2D eigenvalue weighted by molar-refractivity contribution is 5.67. The van der Waals surface area contributed by atoms with Crippen LogP contribution in [0.25, 0.3) is 5.52 Å². The highest BCUT2D eigenvalue weighted by Gasteiger charge is 2.06. The Bertz CT molecular complexity index is 462. The molecular formula is C10H15N5. The number of aryl methyl sites for hydroxylation is 1. The van der Waals surface area contributed by atoms with E-state index < -0.39 is 0 Å². The van der Waals surface area contributed by atoms with Crippen molar-refractivity contribution in [3.8, 4) is 0 Å². The topological polar surface area (TPSA) is 68.2 Å². The molecule has 0 amide bonds. The van der Waals surface area contributed by atoms with Gasteiger partial charge in [0.25, 0.3) is 0 Å². The van der Waals surface area contributed by atoms with Crippen molar-refractivity contribution in [3.63, 3.8) is 0 Å². The van der Waals surface area contributed by atoms with Crippen LogP contribution in [0, 0.1) is 6.92 Å². The summed E-state index contributed by atoms with van der Waals surface area (Å²) in [6, 6.07) is 2.21. The quantitative estimate of drug-likeness (QED) is 0.777. The lowest BCUT2D eigenvalue weighted by Crippen LogP contribution is -2.25. The highest BCUT2D eigenvalue weighted by Crippen LogP contribution is 2.14. The van der Waals surface area contributed by atoms with Crippen LogP contribution in [0.4, 0.5) is 5.82 Å². The van der Waals surface area contributed by atoms with E-state index in [1.807, 2.05) is 30.6 Å². The molecule has 15 heavy (non-hydrogen) atoms. The second kappa shape index (κ2) is 3.86. The van der Waals surface area contributed by atoms with Crippen molar-refractivity contribution in [2.24, 2.45) is 5.73 Å². The van der Waals surface area contributed by atoms with Gasteiger partial charge in [0.15, 0.2) is 5.82 Å². The van der Waals surface area contributed by atoms with Crippen LogP contribution >= 0.6 is 0 Å². The Hall–Kier alpha value is -1.62. The van der Waals surface area contributed by atoms with Crippen molar-refractivity contribution >= 4 is 11.3 Å². The molecule has 80 valence electrons. The van der Waals surface area contributed by atoms with E-state index in [9.17, 15) is 0 Å². The van der Waals surface area contributed by atoms with Gasteiger partial charge in [-0.25, -0.2) is 9.50 Å². The lowest BCUT2D eigenvalue weighted by Gasteiger charge is -2.12. The first-order chi connectivity index (χ1) is 7.20. The summed E-state index contributed by atoms with van der Waals surface area (Å²) in [4.78, 5) is 4.28. The maximum Gasteiger partial charge on any atom is 0.152 e. The average Bonchev–Trinajstić information content (AvgIpc) is 2.59. The molecule has 0 aromatic carbocycles. The minimum absolute atomic E-state index is 0.207. The summed E-state index contributed by atoms with van der Waals surface area (Å²) in [5.41, 5.74) is 7.52. The number of nitrogens with one attached hydrogen (secondary N) is 1. The number of nitrogens with two attached hydrogens (primary N) is 1. The smallest absolute Gasteiger partial charge is 0.152 e. The molecule has 0 aliphatic rings. The van der Waals surface area contributed by atoms with Crippen LogP contribution in [0.3, 0.4) is 0 Å². The van der Waals surface area contributed by atoms with Crippen LogP contribution in [-0.2, 0) is 0 Å². The number of nitrogens with zero attached hydrogens (tertiary/aromatic N) is 3. The molecule has 0 aliphatic carbocycles. The van der Waals surface area contributed by atoms with Crippen molar-refractivity contribution in [2.75, 3.05) is 11.9 Å². The Balaban J connectivity index is 2.41. The lowest BCUT2D eigenvalue weighted by molar-refractivity contribution is 0.796. The molecule has 0 saturated carbocycles. The number of anilines is 1. The van der Waals surface area contributed by atoms with Gasteiger partial charge in [-0.05, 0) is 19.9 Å². The van der Waals surface area contributed by atoms with Crippen molar-refractivity contribution < 1.29 is 0 Å². The Labute approximate surface area is 88.3 Å². The third kappa shape index (κ3) is 1.92. The van der Waals surface area contributed by atoms with Gasteiger partial charge >= 0.3 is 0 Å². The Morgan fingerprint density at radius 1 is 1.60 bits per heavy atom. The zero-order chi connectivity index (χ0) is 10.8. The van der Waals surface area contributed by atoms with Gasteiger partial charge in [0.1, 0.15) is 5.52 Å². The first-order valence-corrected chi connectivity index (χ1v) is 4.98. The summed E-state index contributed by atoms with van der Waals surface area (Å²) in [5, 5.41) is 7.56. The van der Waals surface area contributed by atoms with Crippen molar-refractivity contribution in [2.45, 2.75) is 19.9 Å². The molecule has 0 radical (unpaired) electrons. The first kappa shape index (κ1) is 9.92. The SMILES string of the molecule is Cc1cc2c(NC(C)CN)nccn2n1. The fourth-order valence-corrected chi connectivity index (χ4v) is 1.45. The minimum atomic E-state index is 0.207. The van der Waals surface area contributed by atoms with Crippen LogP contribution in [0.5, 0.6) is 0 Å². The summed E-state index contributed by atoms with van der Waals surface area (Å²) in [6.07, 6.45) is 3.56. The number of aromatic nitrogens is 3. The Kier molecular flexibility index (Phi) is 2.55. The molecule has 5 nitrogen and oxygen atoms in total. The van der Waals surface area contributed by atoms with Crippen molar-refractivity contribution in [1.82, 2.24) is 14.6 Å². The van der Waals surface area contributed by atoms with E-state index >= 15 is 0 Å². The first-order valence-electron chi connectivity index (χ1n) is 4.98. The van der Waals surface area contributed by atoms with Gasteiger partial charge in [0, 0.05) is 25.0 Å². The summed E-state index contributed by atoms with van der Waals surface area (Å²) in [7, 11) is 0. The average molecular weight is 205 g/mol. The van der Waals surface area contributed by atoms with E-state index in [4.69, 9.17) is 5.73 Å². The van der Waals surface area contributed by atoms with Gasteiger partial charge in [0.05, 0.1) is 5.69 Å². The molecule has 0 spiro atoms. The van der Waals surface area contributed by atoms with Crippen LogP contribution in [-0.4, -0.2) is 27.2 Å². The molecule has 0 bridgehead atoms. The van der Waals surface area contributed by atoms with Crippen LogP contribution < -0.4 is 11.1 Å². The Morgan fingerprint density at radius 3 is 3.13 bits per heavy atom. The fourth-order valence-electron chi connectivity index (χ4n) is 1.45. The maximum absolute atomic E-state index is 5.56. The summed E-state index contributed by atoms with van der Waals surface area (Å²) in [6.45, 7) is 4.56. The standard InChI is InChI=1S/C10H15N5/c1-7-5-9-10(13-8(2)6-11)12-3-4-15(9)14-7/h3-5,8H,6,11H2,1-2H3,(H,12,13). The van der Waals surface area contributed by atoms with Crippen LogP contribution in [0.1, 0.15) is 12.6 Å². The summed E-state index contributed by atoms with van der Waals surface area (Å²) < 4.78 is 1.81. The minimum Gasteiger partial charge on any atom is -0.365 e. The normalized spacial score (nSPS) is 13.0. The van der Waals surface area contributed by atoms with Gasteiger partial charge in [-0.15, -0.1) is 0 Å². The second-order valence-corrected chi connectivity index (χ2v) is 3.67. The predicted octanol–water partition coefficient (Wildman–Crippen LogP) is 0.797. The maximum atomic E-state index is 5.56. The predicted molar refractivity (Wildman–Crippen MR) is 59.9 cm³/mol. The molecule has 2 aromatic rings. The molecule has 2 heterocycles. The van der Waals surface area contributed by atoms with Gasteiger partial charge in [0.2, 0.25) is 0 Å². The fraction of sp³-hybridized carbons (Fsp3) is 0.400. The largest absolute Gasteiger partial charge is 0.365 e. The number of fused-ring (bicyclic) bond motifs is 1. The molecule has 0 fully saturated rings. The lowest BCUT2D eigenvalue weighted by atomic mass is 10.3. The molecule has 3 N–H and O–H groups in total. The molecular weight excluding hydrogens is 190 g/mol. The van der Waals surface area contributed by atoms with Gasteiger partial charge in [-0.2, -0.15) is 5.10 Å². The van der Waals surface area contributed by atoms with E-state index in [1.54, 1.807) is 6.20 Å². The third-order valence-corrected chi connectivity index (χ3v) is 2.25. The van der Waals surface area contributed by atoms with E-state index in [0.717, 1.165) is 17.0 Å². The highest BCUT2D eigenvalue weighted by atomic mass is 15.2. The molecule has 2 aromatic heterocycles. The van der Waals surface area contributed by atoms with Crippen LogP contribution in [0.2, 0.25) is 0 Å². The number of hydrogen-bond donors (Lipinski definition) is 2. The summed E-state index contributed by atoms with van der Waals surface area (Å²) >= 11 is 0. The molecule has 1 unspecified atom stereocenters. The van der Waals surface area contributed by atoms with Crippen LogP contribution in [0.15, 0.2) is 18.5 Å². The molecule has 0 saturated heterocycles. The van der Waals surface area contributed by atoms with Crippen molar-refractivity contribution in [1.29, 1.82) is 0 Å². The molecule has 0 aliphatic heterocycles. The Morgan fingerprint density at radius 2 is 2.40 bits per heavy atom. The van der Waals surface area contributed by atoms with E-state index in [2.05, 4.69) is 15.4 Å². The molecule has 2 rings (SSSR count). The second-order valence-electron chi connectivity index (χ2n) is 3.67. The van der Waals surface area contributed by atoms with Gasteiger partial charge < -0.3 is 11.1 Å². The van der Waals surface area contributed by atoms with E-state index in [-0.39, 0.29) is 6.04 Å². The van der Waals surface area contributed by atoms with Crippen molar-refractivity contribution in [3.05, 3.63) is 24.2 Å². The summed E-state index contributed by atoms with van der Waals surface area (Å²) in [5.74, 6) is 0.830.